The van der Waals surface area contributed by atoms with Crippen LogP contribution in [0.25, 0.3) is 0 Å². The molecule has 1 N–H and O–H groups in total. The summed E-state index contributed by atoms with van der Waals surface area (Å²) in [4.78, 5) is 8.95. The van der Waals surface area contributed by atoms with E-state index in [1.54, 1.807) is 0 Å². The van der Waals surface area contributed by atoms with Gasteiger partial charge in [-0.1, -0.05) is 18.2 Å². The fourth-order valence-electron chi connectivity index (χ4n) is 4.18. The molecule has 0 spiro atoms. The first-order chi connectivity index (χ1) is 13.9. The molecule has 1 saturated heterocycles. The van der Waals surface area contributed by atoms with Crippen LogP contribution in [0, 0.1) is 0 Å². The van der Waals surface area contributed by atoms with Crippen LogP contribution in [0.4, 0.5) is 11.5 Å². The Morgan fingerprint density at radius 2 is 1.90 bits per heavy atom. The number of nitrogens with zero attached hydrogens (tertiary/aromatic N) is 4. The summed E-state index contributed by atoms with van der Waals surface area (Å²) in [5.74, 6) is 0.998. The lowest BCUT2D eigenvalue weighted by atomic mass is 9.98. The second-order valence-electron chi connectivity index (χ2n) is 7.82. The first-order valence-electron chi connectivity index (χ1n) is 10.1. The van der Waals surface area contributed by atoms with E-state index in [0.29, 0.717) is 13.1 Å². The third-order valence-electron chi connectivity index (χ3n) is 5.74. The summed E-state index contributed by atoms with van der Waals surface area (Å²) in [6.45, 7) is 4.62. The lowest BCUT2D eigenvalue weighted by molar-refractivity contribution is 0.109. The molecule has 1 fully saturated rings. The first-order valence-corrected chi connectivity index (χ1v) is 11.9. The number of rotatable bonds is 5. The number of aromatic nitrogens is 1. The molecule has 3 heterocycles. The number of benzene rings is 1. The van der Waals surface area contributed by atoms with Crippen molar-refractivity contribution in [2.24, 2.45) is 0 Å². The Bertz CT molecular complexity index is 944. The van der Waals surface area contributed by atoms with Gasteiger partial charge in [0, 0.05) is 45.5 Å². The maximum absolute atomic E-state index is 12.0. The second kappa shape index (κ2) is 8.30. The van der Waals surface area contributed by atoms with Gasteiger partial charge in [0.15, 0.2) is 0 Å². The van der Waals surface area contributed by atoms with E-state index in [-0.39, 0.29) is 0 Å². The summed E-state index contributed by atoms with van der Waals surface area (Å²) in [5.41, 5.74) is 2.60. The number of aliphatic hydroxyl groups excluding tert-OH is 1. The van der Waals surface area contributed by atoms with Crippen LogP contribution < -0.4 is 9.21 Å². The fraction of sp³-hybridized carbons (Fsp3) is 0.476. The Morgan fingerprint density at radius 1 is 1.10 bits per heavy atom. The zero-order chi connectivity index (χ0) is 20.4. The van der Waals surface area contributed by atoms with E-state index in [9.17, 15) is 13.5 Å². The Morgan fingerprint density at radius 3 is 2.59 bits per heavy atom. The topological polar surface area (TPSA) is 77.0 Å². The third-order valence-corrected chi connectivity index (χ3v) is 6.92. The molecule has 29 heavy (non-hydrogen) atoms. The average Bonchev–Trinajstić information content (AvgIpc) is 2.73. The molecule has 0 radical (unpaired) electrons. The van der Waals surface area contributed by atoms with Crippen LogP contribution in [0.1, 0.15) is 23.7 Å². The van der Waals surface area contributed by atoms with Gasteiger partial charge in [-0.05, 0) is 42.2 Å². The van der Waals surface area contributed by atoms with Crippen molar-refractivity contribution < 1.29 is 13.5 Å². The van der Waals surface area contributed by atoms with Gasteiger partial charge >= 0.3 is 0 Å². The zero-order valence-electron chi connectivity index (χ0n) is 16.7. The molecule has 4 rings (SSSR count). The van der Waals surface area contributed by atoms with E-state index in [1.807, 2.05) is 42.6 Å². The lowest BCUT2D eigenvalue weighted by Crippen LogP contribution is -2.47. The Balaban J connectivity index is 1.39. The van der Waals surface area contributed by atoms with Crippen molar-refractivity contribution in [3.8, 4) is 0 Å². The third kappa shape index (κ3) is 4.55. The summed E-state index contributed by atoms with van der Waals surface area (Å²) >= 11 is 0. The van der Waals surface area contributed by atoms with E-state index >= 15 is 0 Å². The average molecular weight is 417 g/mol. The highest BCUT2D eigenvalue weighted by Crippen LogP contribution is 2.31. The molecule has 2 aliphatic rings. The van der Waals surface area contributed by atoms with Crippen LogP contribution in [-0.4, -0.2) is 68.9 Å². The molecule has 2 aromatic rings. The van der Waals surface area contributed by atoms with Crippen LogP contribution in [-0.2, 0) is 16.4 Å². The summed E-state index contributed by atoms with van der Waals surface area (Å²) in [6, 6.07) is 11.6. The standard InChI is InChI=1S/C21H28N4O3S/c1-29(27,28)25-10-4-5-17-15-18(7-8-19(17)25)20(26)16-23-11-13-24(14-12-23)21-6-2-3-9-22-21/h2-3,6-9,15,20,26H,4-5,10-14,16H2,1H3/t20-/m0/s1. The second-order valence-corrected chi connectivity index (χ2v) is 9.73. The van der Waals surface area contributed by atoms with Crippen molar-refractivity contribution in [2.45, 2.75) is 18.9 Å². The monoisotopic (exact) mass is 416 g/mol. The summed E-state index contributed by atoms with van der Waals surface area (Å²) in [7, 11) is -3.27. The zero-order valence-corrected chi connectivity index (χ0v) is 17.6. The number of pyridine rings is 1. The fourth-order valence-corrected chi connectivity index (χ4v) is 5.18. The number of aliphatic hydroxyl groups is 1. The van der Waals surface area contributed by atoms with Crippen LogP contribution in [0.15, 0.2) is 42.6 Å². The maximum atomic E-state index is 12.0. The maximum Gasteiger partial charge on any atom is 0.232 e. The number of β-amino-alcohol motifs (C(OH)–C–C–N with tert-alkyl or cyclic N) is 1. The molecule has 0 unspecified atom stereocenters. The van der Waals surface area contributed by atoms with E-state index in [2.05, 4.69) is 14.8 Å². The predicted octanol–water partition coefficient (Wildman–Crippen LogP) is 1.65. The van der Waals surface area contributed by atoms with Gasteiger partial charge < -0.3 is 10.0 Å². The van der Waals surface area contributed by atoms with Crippen LogP contribution in [0.2, 0.25) is 0 Å². The molecule has 0 bridgehead atoms. The Kier molecular flexibility index (Phi) is 5.76. The van der Waals surface area contributed by atoms with Crippen LogP contribution in [0.5, 0.6) is 0 Å². The normalized spacial score (nSPS) is 19.1. The van der Waals surface area contributed by atoms with E-state index in [0.717, 1.165) is 61.7 Å². The van der Waals surface area contributed by atoms with E-state index < -0.39 is 16.1 Å². The smallest absolute Gasteiger partial charge is 0.232 e. The molecule has 0 aliphatic carbocycles. The largest absolute Gasteiger partial charge is 0.387 e. The van der Waals surface area contributed by atoms with Gasteiger partial charge in [-0.3, -0.25) is 9.21 Å². The number of piperazine rings is 1. The quantitative estimate of drug-likeness (QED) is 0.799. The number of hydrogen-bond acceptors (Lipinski definition) is 6. The minimum Gasteiger partial charge on any atom is -0.387 e. The molecule has 1 atom stereocenters. The molecule has 156 valence electrons. The molecular weight excluding hydrogens is 388 g/mol. The van der Waals surface area contributed by atoms with Gasteiger partial charge in [-0.15, -0.1) is 0 Å². The van der Waals surface area contributed by atoms with Crippen molar-refractivity contribution >= 4 is 21.5 Å². The Hall–Kier alpha value is -2.16. The lowest BCUT2D eigenvalue weighted by Gasteiger charge is -2.36. The van der Waals surface area contributed by atoms with Crippen LogP contribution >= 0.6 is 0 Å². The SMILES string of the molecule is CS(=O)(=O)N1CCCc2cc([C@@H](O)CN3CCN(c4ccccn4)CC3)ccc21. The summed E-state index contributed by atoms with van der Waals surface area (Å²) in [5, 5.41) is 10.8. The van der Waals surface area contributed by atoms with Gasteiger partial charge in [0.2, 0.25) is 10.0 Å². The van der Waals surface area contributed by atoms with Crippen molar-refractivity contribution in [2.75, 3.05) is 54.7 Å². The molecule has 0 saturated carbocycles. The minimum atomic E-state index is -3.27. The molecule has 7 nitrogen and oxygen atoms in total. The first kappa shape index (κ1) is 20.1. The van der Waals surface area contributed by atoms with Gasteiger partial charge in [0.25, 0.3) is 0 Å². The van der Waals surface area contributed by atoms with Crippen molar-refractivity contribution in [1.82, 2.24) is 9.88 Å². The van der Waals surface area contributed by atoms with Crippen molar-refractivity contribution in [3.63, 3.8) is 0 Å². The van der Waals surface area contributed by atoms with Gasteiger partial charge in [0.1, 0.15) is 5.82 Å². The minimum absolute atomic E-state index is 0.522. The number of fused-ring (bicyclic) bond motifs is 1. The highest BCUT2D eigenvalue weighted by Gasteiger charge is 2.26. The molecule has 8 heteroatoms. The van der Waals surface area contributed by atoms with Crippen LogP contribution in [0.3, 0.4) is 0 Å². The number of sulfonamides is 1. The molecule has 1 aromatic heterocycles. The highest BCUT2D eigenvalue weighted by atomic mass is 32.2. The molecule has 1 aromatic carbocycles. The number of anilines is 2. The molecular formula is C21H28N4O3S. The van der Waals surface area contributed by atoms with Gasteiger partial charge in [-0.25, -0.2) is 13.4 Å². The van der Waals surface area contributed by atoms with Crippen molar-refractivity contribution in [3.05, 3.63) is 53.7 Å². The van der Waals surface area contributed by atoms with Gasteiger partial charge in [-0.2, -0.15) is 0 Å². The molecule has 0 amide bonds. The predicted molar refractivity (Wildman–Crippen MR) is 115 cm³/mol. The number of hydrogen-bond donors (Lipinski definition) is 1. The number of aryl methyl sites for hydroxylation is 1. The van der Waals surface area contributed by atoms with E-state index in [4.69, 9.17) is 0 Å². The van der Waals surface area contributed by atoms with Gasteiger partial charge in [0.05, 0.1) is 18.0 Å². The highest BCUT2D eigenvalue weighted by molar-refractivity contribution is 7.92. The summed E-state index contributed by atoms with van der Waals surface area (Å²) in [6.07, 6.45) is 4.11. The Labute approximate surface area is 172 Å². The van der Waals surface area contributed by atoms with Crippen molar-refractivity contribution in [1.29, 1.82) is 0 Å². The summed E-state index contributed by atoms with van der Waals surface area (Å²) < 4.78 is 25.5. The van der Waals surface area contributed by atoms with E-state index in [1.165, 1.54) is 10.6 Å². The molecule has 2 aliphatic heterocycles.